The van der Waals surface area contributed by atoms with Crippen LogP contribution in [0, 0.1) is 5.41 Å². The lowest BCUT2D eigenvalue weighted by atomic mass is 9.68. The molecule has 1 aliphatic carbocycles. The molecule has 0 spiro atoms. The highest BCUT2D eigenvalue weighted by atomic mass is 16.5. The highest BCUT2D eigenvalue weighted by Gasteiger charge is 2.44. The van der Waals surface area contributed by atoms with Crippen molar-refractivity contribution in [1.82, 2.24) is 4.90 Å². The van der Waals surface area contributed by atoms with Crippen LogP contribution >= 0.6 is 0 Å². The van der Waals surface area contributed by atoms with Gasteiger partial charge in [0, 0.05) is 25.7 Å². The molecule has 0 saturated heterocycles. The molecule has 1 aromatic rings. The second-order valence-corrected chi connectivity index (χ2v) is 5.31. The number of carbonyl (C=O) groups is 1. The second-order valence-electron chi connectivity index (χ2n) is 5.31. The van der Waals surface area contributed by atoms with Crippen LogP contribution in [0.4, 0.5) is 0 Å². The molecule has 2 rings (SSSR count). The maximum absolute atomic E-state index is 12.5. The van der Waals surface area contributed by atoms with Gasteiger partial charge in [-0.2, -0.15) is 0 Å². The fraction of sp³-hybridized carbons (Fsp3) is 0.533. The molecule has 2 N–H and O–H groups in total. The van der Waals surface area contributed by atoms with Crippen LogP contribution in [0.15, 0.2) is 24.3 Å². The number of ether oxygens (including phenoxy) is 1. The molecule has 4 nitrogen and oxygen atoms in total. The van der Waals surface area contributed by atoms with Gasteiger partial charge >= 0.3 is 0 Å². The van der Waals surface area contributed by atoms with Crippen LogP contribution in [0.2, 0.25) is 0 Å². The van der Waals surface area contributed by atoms with Gasteiger partial charge in [0.05, 0.1) is 12.5 Å². The standard InChI is InChI=1S/C15H22N2O2/c1-17(14(18)15(11-16)8-5-9-15)10-12-6-3-4-7-13(12)19-2/h3-4,6-7H,5,8-11,16H2,1-2H3. The highest BCUT2D eigenvalue weighted by molar-refractivity contribution is 5.83. The van der Waals surface area contributed by atoms with Gasteiger partial charge in [-0.05, 0) is 18.9 Å². The first-order valence-corrected chi connectivity index (χ1v) is 6.70. The number of nitrogens with two attached hydrogens (primary N) is 1. The summed E-state index contributed by atoms with van der Waals surface area (Å²) in [6, 6.07) is 7.78. The molecule has 19 heavy (non-hydrogen) atoms. The normalized spacial score (nSPS) is 16.6. The number of amides is 1. The average Bonchev–Trinajstić information content (AvgIpc) is 2.38. The van der Waals surface area contributed by atoms with Crippen molar-refractivity contribution >= 4 is 5.91 Å². The summed E-state index contributed by atoms with van der Waals surface area (Å²) in [7, 11) is 3.48. The Labute approximate surface area is 114 Å². The van der Waals surface area contributed by atoms with Gasteiger partial charge in [0.25, 0.3) is 0 Å². The Bertz CT molecular complexity index is 450. The molecule has 4 heteroatoms. The number of para-hydroxylation sites is 1. The van der Waals surface area contributed by atoms with Gasteiger partial charge < -0.3 is 15.4 Å². The van der Waals surface area contributed by atoms with E-state index < -0.39 is 0 Å². The van der Waals surface area contributed by atoms with E-state index in [9.17, 15) is 4.79 Å². The Morgan fingerprint density at radius 2 is 2.11 bits per heavy atom. The van der Waals surface area contributed by atoms with Crippen molar-refractivity contribution < 1.29 is 9.53 Å². The van der Waals surface area contributed by atoms with Gasteiger partial charge in [-0.15, -0.1) is 0 Å². The van der Waals surface area contributed by atoms with Crippen LogP contribution in [-0.2, 0) is 11.3 Å². The molecule has 0 aromatic heterocycles. The minimum absolute atomic E-state index is 0.159. The summed E-state index contributed by atoms with van der Waals surface area (Å²) in [4.78, 5) is 14.3. The predicted octanol–water partition coefficient (Wildman–Crippen LogP) is 1.78. The van der Waals surface area contributed by atoms with Crippen LogP contribution in [-0.4, -0.2) is 31.5 Å². The summed E-state index contributed by atoms with van der Waals surface area (Å²) < 4.78 is 5.32. The molecule has 104 valence electrons. The zero-order chi connectivity index (χ0) is 13.9. The highest BCUT2D eigenvalue weighted by Crippen LogP contribution is 2.41. The quantitative estimate of drug-likeness (QED) is 0.880. The molecule has 0 heterocycles. The molecule has 1 aliphatic rings. The Balaban J connectivity index is 2.08. The SMILES string of the molecule is COc1ccccc1CN(C)C(=O)C1(CN)CCC1. The number of benzene rings is 1. The third-order valence-corrected chi connectivity index (χ3v) is 4.10. The molecule has 0 atom stereocenters. The minimum atomic E-state index is -0.309. The summed E-state index contributed by atoms with van der Waals surface area (Å²) in [5, 5.41) is 0. The van der Waals surface area contributed by atoms with Crippen molar-refractivity contribution in [3.05, 3.63) is 29.8 Å². The minimum Gasteiger partial charge on any atom is -0.496 e. The molecular weight excluding hydrogens is 240 g/mol. The zero-order valence-corrected chi connectivity index (χ0v) is 11.7. The molecule has 0 radical (unpaired) electrons. The molecule has 1 saturated carbocycles. The lowest BCUT2D eigenvalue weighted by Crippen LogP contribution is -2.50. The Morgan fingerprint density at radius 1 is 1.42 bits per heavy atom. The summed E-state index contributed by atoms with van der Waals surface area (Å²) in [6.07, 6.45) is 2.93. The lowest BCUT2D eigenvalue weighted by Gasteiger charge is -2.41. The number of methoxy groups -OCH3 is 1. The van der Waals surface area contributed by atoms with Crippen LogP contribution < -0.4 is 10.5 Å². The first kappa shape index (κ1) is 13.9. The maximum Gasteiger partial charge on any atom is 0.230 e. The van der Waals surface area contributed by atoms with Crippen LogP contribution in [0.25, 0.3) is 0 Å². The van der Waals surface area contributed by atoms with E-state index in [0.29, 0.717) is 13.1 Å². The van der Waals surface area contributed by atoms with Gasteiger partial charge in [-0.3, -0.25) is 4.79 Å². The first-order chi connectivity index (χ1) is 9.13. The second kappa shape index (κ2) is 5.61. The molecule has 1 aromatic carbocycles. The lowest BCUT2D eigenvalue weighted by molar-refractivity contribution is -0.145. The van der Waals surface area contributed by atoms with E-state index >= 15 is 0 Å². The Kier molecular flexibility index (Phi) is 4.10. The van der Waals surface area contributed by atoms with Crippen LogP contribution in [0.5, 0.6) is 5.75 Å². The van der Waals surface area contributed by atoms with E-state index in [0.717, 1.165) is 30.6 Å². The topological polar surface area (TPSA) is 55.6 Å². The van der Waals surface area contributed by atoms with Gasteiger partial charge in [-0.25, -0.2) is 0 Å². The van der Waals surface area contributed by atoms with E-state index in [2.05, 4.69) is 0 Å². The molecule has 0 bridgehead atoms. The maximum atomic E-state index is 12.5. The third-order valence-electron chi connectivity index (χ3n) is 4.10. The fourth-order valence-corrected chi connectivity index (χ4v) is 2.67. The summed E-state index contributed by atoms with van der Waals surface area (Å²) in [6.45, 7) is 1.01. The largest absolute Gasteiger partial charge is 0.496 e. The summed E-state index contributed by atoms with van der Waals surface area (Å²) in [5.74, 6) is 0.977. The smallest absolute Gasteiger partial charge is 0.230 e. The van der Waals surface area contributed by atoms with Crippen molar-refractivity contribution in [1.29, 1.82) is 0 Å². The van der Waals surface area contributed by atoms with Gasteiger partial charge in [-0.1, -0.05) is 24.6 Å². The van der Waals surface area contributed by atoms with E-state index in [-0.39, 0.29) is 11.3 Å². The number of rotatable bonds is 5. The monoisotopic (exact) mass is 262 g/mol. The van der Waals surface area contributed by atoms with Gasteiger partial charge in [0.15, 0.2) is 0 Å². The van der Waals surface area contributed by atoms with Crippen molar-refractivity contribution in [2.45, 2.75) is 25.8 Å². The van der Waals surface area contributed by atoms with E-state index in [1.807, 2.05) is 31.3 Å². The molecule has 0 aliphatic heterocycles. The molecule has 0 unspecified atom stereocenters. The number of nitrogens with zero attached hydrogens (tertiary/aromatic N) is 1. The predicted molar refractivity (Wildman–Crippen MR) is 74.8 cm³/mol. The molecule has 1 fully saturated rings. The zero-order valence-electron chi connectivity index (χ0n) is 11.7. The van der Waals surface area contributed by atoms with Crippen molar-refractivity contribution in [2.24, 2.45) is 11.1 Å². The first-order valence-electron chi connectivity index (χ1n) is 6.70. The summed E-state index contributed by atoms with van der Waals surface area (Å²) >= 11 is 0. The van der Waals surface area contributed by atoms with Gasteiger partial charge in [0.1, 0.15) is 5.75 Å². The number of carbonyl (C=O) groups excluding carboxylic acids is 1. The number of hydrogen-bond acceptors (Lipinski definition) is 3. The van der Waals surface area contributed by atoms with Gasteiger partial charge in [0.2, 0.25) is 5.91 Å². The van der Waals surface area contributed by atoms with E-state index in [1.54, 1.807) is 12.0 Å². The molecule has 1 amide bonds. The Hall–Kier alpha value is -1.55. The fourth-order valence-electron chi connectivity index (χ4n) is 2.67. The van der Waals surface area contributed by atoms with E-state index in [4.69, 9.17) is 10.5 Å². The average molecular weight is 262 g/mol. The van der Waals surface area contributed by atoms with E-state index in [1.165, 1.54) is 0 Å². The van der Waals surface area contributed by atoms with Crippen molar-refractivity contribution in [3.63, 3.8) is 0 Å². The number of hydrogen-bond donors (Lipinski definition) is 1. The van der Waals surface area contributed by atoms with Crippen molar-refractivity contribution in [2.75, 3.05) is 20.7 Å². The molecular formula is C15H22N2O2. The van der Waals surface area contributed by atoms with Crippen LogP contribution in [0.3, 0.4) is 0 Å². The Morgan fingerprint density at radius 3 is 2.63 bits per heavy atom. The van der Waals surface area contributed by atoms with Crippen LogP contribution in [0.1, 0.15) is 24.8 Å². The van der Waals surface area contributed by atoms with Crippen molar-refractivity contribution in [3.8, 4) is 5.75 Å². The summed E-state index contributed by atoms with van der Waals surface area (Å²) in [5.41, 5.74) is 6.50. The third kappa shape index (κ3) is 2.59.